The van der Waals surface area contributed by atoms with Crippen LogP contribution in [0.2, 0.25) is 0 Å². The minimum Gasteiger partial charge on any atom is -0.481 e. The highest BCUT2D eigenvalue weighted by Gasteiger charge is 2.23. The summed E-state index contributed by atoms with van der Waals surface area (Å²) in [5.74, 6) is -2.00. The van der Waals surface area contributed by atoms with E-state index in [-0.39, 0.29) is 18.2 Å². The summed E-state index contributed by atoms with van der Waals surface area (Å²) in [7, 11) is 0. The van der Waals surface area contributed by atoms with Crippen LogP contribution in [0.1, 0.15) is 36.0 Å². The molecule has 0 radical (unpaired) electrons. The number of aromatic nitrogens is 2. The Labute approximate surface area is 203 Å². The van der Waals surface area contributed by atoms with Crippen LogP contribution in [0, 0.1) is 5.92 Å². The summed E-state index contributed by atoms with van der Waals surface area (Å²) in [5, 5.41) is 14.5. The van der Waals surface area contributed by atoms with E-state index in [1.54, 1.807) is 0 Å². The molecular formula is C29H27N3O3. The molecule has 1 unspecified atom stereocenters. The molecular weight excluding hydrogens is 438 g/mol. The number of fused-ring (bicyclic) bond motifs is 2. The molecule has 4 N–H and O–H groups in total. The fourth-order valence-corrected chi connectivity index (χ4v) is 4.76. The lowest BCUT2D eigenvalue weighted by Crippen LogP contribution is -2.20. The average Bonchev–Trinajstić information content (AvgIpc) is 3.48. The van der Waals surface area contributed by atoms with E-state index < -0.39 is 11.9 Å². The molecule has 6 heteroatoms. The summed E-state index contributed by atoms with van der Waals surface area (Å²) >= 11 is 0. The Morgan fingerprint density at radius 3 is 1.97 bits per heavy atom. The minimum absolute atomic E-state index is 0.0262. The Bertz CT molecular complexity index is 1440. The molecule has 0 aliphatic carbocycles. The van der Waals surface area contributed by atoms with Gasteiger partial charge in [0.15, 0.2) is 0 Å². The summed E-state index contributed by atoms with van der Waals surface area (Å²) in [6.07, 6.45) is 4.74. The number of hydrogen-bond acceptors (Lipinski definition) is 2. The maximum atomic E-state index is 12.6. The number of hydrogen-bond donors (Lipinski definition) is 4. The van der Waals surface area contributed by atoms with E-state index in [0.29, 0.717) is 12.1 Å². The van der Waals surface area contributed by atoms with Gasteiger partial charge in [-0.15, -0.1) is 0 Å². The van der Waals surface area contributed by atoms with Gasteiger partial charge in [0.25, 0.3) is 0 Å². The van der Waals surface area contributed by atoms with Gasteiger partial charge < -0.3 is 20.4 Å². The maximum Gasteiger partial charge on any atom is 0.306 e. The molecule has 0 spiro atoms. The molecule has 0 saturated carbocycles. The lowest BCUT2D eigenvalue weighted by molar-refractivity contribution is -0.142. The van der Waals surface area contributed by atoms with Gasteiger partial charge in [-0.05, 0) is 41.3 Å². The van der Waals surface area contributed by atoms with Crippen LogP contribution < -0.4 is 5.32 Å². The highest BCUT2D eigenvalue weighted by molar-refractivity contribution is 5.94. The van der Waals surface area contributed by atoms with Crippen LogP contribution in [0.4, 0.5) is 5.69 Å². The summed E-state index contributed by atoms with van der Waals surface area (Å²) in [5.41, 5.74) is 6.23. The quantitative estimate of drug-likeness (QED) is 0.224. The second kappa shape index (κ2) is 9.50. The Morgan fingerprint density at radius 1 is 0.829 bits per heavy atom. The third-order valence-corrected chi connectivity index (χ3v) is 6.62. The number of carbonyl (C=O) groups excluding carboxylic acids is 1. The normalized spacial score (nSPS) is 12.3. The van der Waals surface area contributed by atoms with Crippen LogP contribution in [0.25, 0.3) is 21.8 Å². The zero-order chi connectivity index (χ0) is 24.4. The molecule has 5 rings (SSSR count). The first-order valence-electron chi connectivity index (χ1n) is 11.7. The second-order valence-electron chi connectivity index (χ2n) is 8.98. The Morgan fingerprint density at radius 2 is 1.37 bits per heavy atom. The first-order valence-corrected chi connectivity index (χ1v) is 11.7. The Kier molecular flexibility index (Phi) is 6.10. The molecule has 0 aliphatic rings. The van der Waals surface area contributed by atoms with Gasteiger partial charge in [-0.1, -0.05) is 61.5 Å². The minimum atomic E-state index is -0.979. The lowest BCUT2D eigenvalue weighted by Gasteiger charge is -2.19. The molecule has 0 saturated heterocycles. The van der Waals surface area contributed by atoms with Crippen molar-refractivity contribution in [2.45, 2.75) is 25.7 Å². The van der Waals surface area contributed by atoms with Crippen molar-refractivity contribution in [2.24, 2.45) is 5.92 Å². The van der Waals surface area contributed by atoms with Crippen molar-refractivity contribution < 1.29 is 14.7 Å². The Balaban J connectivity index is 1.54. The average molecular weight is 466 g/mol. The van der Waals surface area contributed by atoms with Gasteiger partial charge in [-0.2, -0.15) is 0 Å². The van der Waals surface area contributed by atoms with Crippen molar-refractivity contribution in [1.82, 2.24) is 9.97 Å². The summed E-state index contributed by atoms with van der Waals surface area (Å²) < 4.78 is 0. The van der Waals surface area contributed by atoms with Crippen molar-refractivity contribution in [3.05, 3.63) is 102 Å². The van der Waals surface area contributed by atoms with E-state index in [1.165, 1.54) is 28.8 Å². The standard InChI is InChI=1S/C29H27N3O3/c1-18(29(34)35)14-28(33)32-25-11-5-2-8-19(25)15-22(23-16-30-26-12-6-3-9-20(23)26)24-17-31-27-13-7-4-10-21(24)27/h2-13,16-18,22,30-31H,14-15H2,1H3,(H,32,33)(H,34,35). The van der Waals surface area contributed by atoms with Gasteiger partial charge >= 0.3 is 5.97 Å². The van der Waals surface area contributed by atoms with Gasteiger partial charge in [-0.3, -0.25) is 9.59 Å². The van der Waals surface area contributed by atoms with E-state index in [1.807, 2.05) is 48.5 Å². The third-order valence-electron chi connectivity index (χ3n) is 6.62. The second-order valence-corrected chi connectivity index (χ2v) is 8.98. The number of benzene rings is 3. The number of aliphatic carboxylic acids is 1. The number of para-hydroxylation sites is 3. The number of rotatable bonds is 8. The number of aromatic amines is 2. The van der Waals surface area contributed by atoms with Crippen LogP contribution in [0.5, 0.6) is 0 Å². The number of H-pyrrole nitrogens is 2. The van der Waals surface area contributed by atoms with Gasteiger partial charge in [0.05, 0.1) is 5.92 Å². The van der Waals surface area contributed by atoms with Crippen LogP contribution >= 0.6 is 0 Å². The van der Waals surface area contributed by atoms with Gasteiger partial charge in [0.1, 0.15) is 0 Å². The molecule has 0 fully saturated rings. The molecule has 176 valence electrons. The molecule has 6 nitrogen and oxygen atoms in total. The molecule has 5 aromatic rings. The molecule has 0 aliphatic heterocycles. The molecule has 2 heterocycles. The molecule has 1 amide bonds. The van der Waals surface area contributed by atoms with Crippen molar-refractivity contribution in [1.29, 1.82) is 0 Å². The first kappa shape index (κ1) is 22.5. The molecule has 0 bridgehead atoms. The first-order chi connectivity index (χ1) is 17.0. The molecule has 2 aromatic heterocycles. The summed E-state index contributed by atoms with van der Waals surface area (Å²) in [4.78, 5) is 30.6. The molecule has 35 heavy (non-hydrogen) atoms. The Hall–Kier alpha value is -4.32. The van der Waals surface area contributed by atoms with Crippen molar-refractivity contribution in [3.63, 3.8) is 0 Å². The third kappa shape index (κ3) is 4.55. The smallest absolute Gasteiger partial charge is 0.306 e. The zero-order valence-electron chi connectivity index (χ0n) is 19.4. The van der Waals surface area contributed by atoms with E-state index in [4.69, 9.17) is 5.11 Å². The zero-order valence-corrected chi connectivity index (χ0v) is 19.4. The number of carboxylic acid groups (broad SMARTS) is 1. The SMILES string of the molecule is CC(CC(=O)Nc1ccccc1CC(c1c[nH]c2ccccc12)c1c[nH]c2ccccc12)C(=O)O. The molecule has 3 aromatic carbocycles. The predicted molar refractivity (Wildman–Crippen MR) is 139 cm³/mol. The van der Waals surface area contributed by atoms with Crippen LogP contribution in [-0.4, -0.2) is 27.0 Å². The number of amides is 1. The number of nitrogens with one attached hydrogen (secondary N) is 3. The van der Waals surface area contributed by atoms with Gasteiger partial charge in [-0.25, -0.2) is 0 Å². The fourth-order valence-electron chi connectivity index (χ4n) is 4.76. The number of carboxylic acids is 1. The molecule has 1 atom stereocenters. The fraction of sp³-hybridized carbons (Fsp3) is 0.172. The van der Waals surface area contributed by atoms with E-state index >= 15 is 0 Å². The highest BCUT2D eigenvalue weighted by atomic mass is 16.4. The van der Waals surface area contributed by atoms with Crippen LogP contribution in [-0.2, 0) is 16.0 Å². The van der Waals surface area contributed by atoms with Gasteiger partial charge in [0, 0.05) is 52.2 Å². The summed E-state index contributed by atoms with van der Waals surface area (Å²) in [6.45, 7) is 1.54. The van der Waals surface area contributed by atoms with E-state index in [2.05, 4.69) is 51.9 Å². The maximum absolute atomic E-state index is 12.6. The van der Waals surface area contributed by atoms with E-state index in [9.17, 15) is 9.59 Å². The largest absolute Gasteiger partial charge is 0.481 e. The number of anilines is 1. The highest BCUT2D eigenvalue weighted by Crippen LogP contribution is 2.38. The van der Waals surface area contributed by atoms with Crippen molar-refractivity contribution >= 4 is 39.4 Å². The van der Waals surface area contributed by atoms with Crippen molar-refractivity contribution in [2.75, 3.05) is 5.32 Å². The van der Waals surface area contributed by atoms with Gasteiger partial charge in [0.2, 0.25) is 5.91 Å². The summed E-state index contributed by atoms with van der Waals surface area (Å²) in [6, 6.07) is 24.3. The van der Waals surface area contributed by atoms with Crippen LogP contribution in [0.15, 0.2) is 85.2 Å². The van der Waals surface area contributed by atoms with Crippen molar-refractivity contribution in [3.8, 4) is 0 Å². The van der Waals surface area contributed by atoms with E-state index in [0.717, 1.165) is 16.6 Å². The predicted octanol–water partition coefficient (Wildman–Crippen LogP) is 6.07. The number of carbonyl (C=O) groups is 2. The van der Waals surface area contributed by atoms with Crippen LogP contribution in [0.3, 0.4) is 0 Å². The monoisotopic (exact) mass is 465 g/mol. The lowest BCUT2D eigenvalue weighted by atomic mass is 9.85. The topological polar surface area (TPSA) is 98.0 Å².